The van der Waals surface area contributed by atoms with E-state index in [9.17, 15) is 22.4 Å². The van der Waals surface area contributed by atoms with Crippen molar-refractivity contribution < 1.29 is 27.1 Å². The van der Waals surface area contributed by atoms with E-state index in [0.717, 1.165) is 7.05 Å². The summed E-state index contributed by atoms with van der Waals surface area (Å²) in [5.74, 6) is -0.506. The maximum absolute atomic E-state index is 13.2. The average molecular weight is 392 g/mol. The van der Waals surface area contributed by atoms with Crippen molar-refractivity contribution in [3.8, 4) is 5.75 Å². The minimum Gasteiger partial charge on any atom is -0.489 e. The van der Waals surface area contributed by atoms with E-state index in [2.05, 4.69) is 15.6 Å². The molecule has 1 aromatic rings. The Morgan fingerprint density at radius 3 is 2.59 bits per heavy atom. The van der Waals surface area contributed by atoms with Crippen molar-refractivity contribution in [3.05, 3.63) is 30.1 Å². The van der Waals surface area contributed by atoms with E-state index >= 15 is 0 Å². The van der Waals surface area contributed by atoms with Gasteiger partial charge in [-0.05, 0) is 18.6 Å². The largest absolute Gasteiger partial charge is 0.489 e. The van der Waals surface area contributed by atoms with E-state index in [1.165, 1.54) is 25.2 Å². The predicted molar refractivity (Wildman–Crippen MR) is 94.2 cm³/mol. The number of aliphatic imine (C=N–C) groups is 1. The number of guanidine groups is 1. The Bertz CT molecular complexity index is 638. The zero-order valence-corrected chi connectivity index (χ0v) is 15.4. The van der Waals surface area contributed by atoms with Crippen molar-refractivity contribution in [3.63, 3.8) is 0 Å². The zero-order chi connectivity index (χ0) is 20.4. The van der Waals surface area contributed by atoms with Crippen LogP contribution in [0.25, 0.3) is 0 Å². The number of nitrogens with zero attached hydrogens (tertiary/aromatic N) is 2. The molecule has 0 heterocycles. The molecule has 1 rings (SSSR count). The van der Waals surface area contributed by atoms with E-state index in [1.54, 1.807) is 6.07 Å². The molecule has 27 heavy (non-hydrogen) atoms. The number of ether oxygens (including phenoxy) is 1. The van der Waals surface area contributed by atoms with Crippen LogP contribution in [0.1, 0.15) is 13.3 Å². The molecule has 0 spiro atoms. The minimum absolute atomic E-state index is 0.241. The number of alkyl halides is 3. The fraction of sp³-hybridized carbons (Fsp3) is 0.529. The Hall–Kier alpha value is -2.52. The first-order chi connectivity index (χ1) is 12.6. The second-order valence-electron chi connectivity index (χ2n) is 5.78. The van der Waals surface area contributed by atoms with E-state index in [1.807, 2.05) is 6.92 Å². The van der Waals surface area contributed by atoms with Crippen LogP contribution in [-0.4, -0.2) is 62.8 Å². The summed E-state index contributed by atoms with van der Waals surface area (Å²) in [6, 6.07) is 5.75. The molecular weight excluding hydrogens is 368 g/mol. The van der Waals surface area contributed by atoms with Crippen LogP contribution < -0.4 is 15.4 Å². The van der Waals surface area contributed by atoms with Crippen LogP contribution in [0.4, 0.5) is 17.6 Å². The molecule has 6 nitrogen and oxygen atoms in total. The number of likely N-dealkylation sites (N-methyl/N-ethyl adjacent to an activating group) is 1. The number of rotatable bonds is 8. The molecule has 0 aliphatic heterocycles. The number of nitrogens with one attached hydrogen (secondary N) is 2. The number of halogens is 4. The van der Waals surface area contributed by atoms with Crippen LogP contribution in [-0.2, 0) is 4.79 Å². The maximum Gasteiger partial charge on any atom is 0.406 e. The quantitative estimate of drug-likeness (QED) is 0.404. The Labute approximate surface area is 155 Å². The lowest BCUT2D eigenvalue weighted by Crippen LogP contribution is -2.47. The summed E-state index contributed by atoms with van der Waals surface area (Å²) in [5, 5.41) is 5.58. The van der Waals surface area contributed by atoms with Gasteiger partial charge in [0.25, 0.3) is 0 Å². The normalized spacial score (nSPS) is 13.1. The second-order valence-corrected chi connectivity index (χ2v) is 5.78. The lowest BCUT2D eigenvalue weighted by Gasteiger charge is -2.21. The summed E-state index contributed by atoms with van der Waals surface area (Å²) in [6.45, 7) is 0.531. The zero-order valence-electron chi connectivity index (χ0n) is 15.4. The van der Waals surface area contributed by atoms with Crippen LogP contribution in [0.3, 0.4) is 0 Å². The van der Waals surface area contributed by atoms with E-state index in [0.29, 0.717) is 23.6 Å². The topological polar surface area (TPSA) is 66.0 Å². The highest BCUT2D eigenvalue weighted by Crippen LogP contribution is 2.16. The maximum atomic E-state index is 13.2. The van der Waals surface area contributed by atoms with Gasteiger partial charge in [-0.1, -0.05) is 13.0 Å². The highest BCUT2D eigenvalue weighted by Gasteiger charge is 2.31. The van der Waals surface area contributed by atoms with Gasteiger partial charge in [-0.25, -0.2) is 4.39 Å². The molecule has 1 aromatic carbocycles. The monoisotopic (exact) mass is 392 g/mol. The molecule has 0 fully saturated rings. The molecule has 0 aliphatic carbocycles. The summed E-state index contributed by atoms with van der Waals surface area (Å²) < 4.78 is 55.8. The molecule has 0 bridgehead atoms. The van der Waals surface area contributed by atoms with Crippen molar-refractivity contribution in [2.75, 3.05) is 33.7 Å². The third kappa shape index (κ3) is 9.11. The summed E-state index contributed by atoms with van der Waals surface area (Å²) >= 11 is 0. The second kappa shape index (κ2) is 10.6. The highest BCUT2D eigenvalue weighted by molar-refractivity contribution is 5.86. The third-order valence-corrected chi connectivity index (χ3v) is 3.52. The average Bonchev–Trinajstić information content (AvgIpc) is 2.59. The Kier molecular flexibility index (Phi) is 8.83. The van der Waals surface area contributed by atoms with Gasteiger partial charge < -0.3 is 20.3 Å². The van der Waals surface area contributed by atoms with Gasteiger partial charge in [0.15, 0.2) is 5.96 Å². The molecule has 0 aliphatic rings. The van der Waals surface area contributed by atoms with Gasteiger partial charge in [-0.15, -0.1) is 0 Å². The number of amides is 1. The molecule has 0 radical (unpaired) electrons. The number of hydrogen-bond donors (Lipinski definition) is 2. The third-order valence-electron chi connectivity index (χ3n) is 3.52. The fourth-order valence-electron chi connectivity index (χ4n) is 2.08. The summed E-state index contributed by atoms with van der Waals surface area (Å²) in [5.41, 5.74) is 0. The van der Waals surface area contributed by atoms with Crippen molar-refractivity contribution in [1.29, 1.82) is 0 Å². The van der Waals surface area contributed by atoms with Crippen LogP contribution >= 0.6 is 0 Å². The number of benzene rings is 1. The number of carbonyl (C=O) groups excluding carboxylic acids is 1. The summed E-state index contributed by atoms with van der Waals surface area (Å²) in [6.07, 6.45) is -4.13. The van der Waals surface area contributed by atoms with Crippen LogP contribution in [0.15, 0.2) is 29.3 Å². The molecule has 2 N–H and O–H groups in total. The van der Waals surface area contributed by atoms with Gasteiger partial charge >= 0.3 is 6.18 Å². The smallest absolute Gasteiger partial charge is 0.406 e. The number of carbonyl (C=O) groups is 1. The highest BCUT2D eigenvalue weighted by atomic mass is 19.4. The molecule has 152 valence electrons. The molecule has 0 saturated carbocycles. The lowest BCUT2D eigenvalue weighted by molar-refractivity contribution is -0.157. The minimum atomic E-state index is -4.45. The van der Waals surface area contributed by atoms with Gasteiger partial charge in [-0.3, -0.25) is 9.79 Å². The molecule has 10 heteroatoms. The molecule has 0 aromatic heterocycles. The van der Waals surface area contributed by atoms with Crippen molar-refractivity contribution >= 4 is 11.9 Å². The van der Waals surface area contributed by atoms with Crippen LogP contribution in [0.5, 0.6) is 5.75 Å². The SMILES string of the molecule is CCC(CNC(=NC)NCC(=O)N(C)CC(F)(F)F)Oc1cccc(F)c1. The molecular formula is C17H24F4N4O2. The number of hydrogen-bond acceptors (Lipinski definition) is 3. The first-order valence-electron chi connectivity index (χ1n) is 8.32. The predicted octanol–water partition coefficient (Wildman–Crippen LogP) is 2.17. The Morgan fingerprint density at radius 1 is 1.33 bits per heavy atom. The van der Waals surface area contributed by atoms with Crippen molar-refractivity contribution in [2.45, 2.75) is 25.6 Å². The first kappa shape index (κ1) is 22.5. The fourth-order valence-corrected chi connectivity index (χ4v) is 2.08. The van der Waals surface area contributed by atoms with Crippen LogP contribution in [0.2, 0.25) is 0 Å². The van der Waals surface area contributed by atoms with Gasteiger partial charge in [-0.2, -0.15) is 13.2 Å². The molecule has 1 atom stereocenters. The van der Waals surface area contributed by atoms with E-state index in [-0.39, 0.29) is 18.6 Å². The molecule has 1 amide bonds. The van der Waals surface area contributed by atoms with E-state index < -0.39 is 24.4 Å². The Balaban J connectivity index is 2.47. The summed E-state index contributed by atoms with van der Waals surface area (Å²) in [7, 11) is 2.54. The van der Waals surface area contributed by atoms with Gasteiger partial charge in [0, 0.05) is 20.2 Å². The van der Waals surface area contributed by atoms with Crippen molar-refractivity contribution in [1.82, 2.24) is 15.5 Å². The molecule has 1 unspecified atom stereocenters. The van der Waals surface area contributed by atoms with Crippen molar-refractivity contribution in [2.24, 2.45) is 4.99 Å². The standard InChI is InChI=1S/C17H24F4N4O2/c1-4-13(27-14-7-5-6-12(18)8-14)9-23-16(22-2)24-10-15(26)25(3)11-17(19,20)21/h5-8,13H,4,9-11H2,1-3H3,(H2,22,23,24). The van der Waals surface area contributed by atoms with Gasteiger partial charge in [0.05, 0.1) is 13.1 Å². The van der Waals surface area contributed by atoms with Gasteiger partial charge in [0.2, 0.25) is 5.91 Å². The van der Waals surface area contributed by atoms with E-state index in [4.69, 9.17) is 4.74 Å². The molecule has 0 saturated heterocycles. The summed E-state index contributed by atoms with van der Waals surface area (Å²) in [4.78, 5) is 16.2. The Morgan fingerprint density at radius 2 is 2.04 bits per heavy atom. The van der Waals surface area contributed by atoms with Crippen LogP contribution in [0, 0.1) is 5.82 Å². The first-order valence-corrected chi connectivity index (χ1v) is 8.32. The van der Waals surface area contributed by atoms with Gasteiger partial charge in [0.1, 0.15) is 24.2 Å². The lowest BCUT2D eigenvalue weighted by atomic mass is 10.2.